The van der Waals surface area contributed by atoms with Gasteiger partial charge < -0.3 is 10.6 Å². The van der Waals surface area contributed by atoms with Crippen LogP contribution in [0.4, 0.5) is 4.39 Å². The van der Waals surface area contributed by atoms with Crippen LogP contribution in [0.3, 0.4) is 0 Å². The second-order valence-electron chi connectivity index (χ2n) is 7.45. The van der Waals surface area contributed by atoms with Gasteiger partial charge in [0.05, 0.1) is 12.2 Å². The van der Waals surface area contributed by atoms with E-state index in [1.54, 1.807) is 23.1 Å². The van der Waals surface area contributed by atoms with Gasteiger partial charge in [-0.2, -0.15) is 5.10 Å². The molecule has 0 saturated carbocycles. The van der Waals surface area contributed by atoms with Crippen molar-refractivity contribution in [2.45, 2.75) is 32.7 Å². The summed E-state index contributed by atoms with van der Waals surface area (Å²) in [6, 6.07) is 14.8. The molecule has 3 aromatic rings. The number of halogens is 1. The van der Waals surface area contributed by atoms with Crippen LogP contribution in [0.25, 0.3) is 5.69 Å². The Hall–Kier alpha value is -3.22. The molecule has 0 bridgehead atoms. The van der Waals surface area contributed by atoms with Gasteiger partial charge in [-0.25, -0.2) is 19.0 Å². The third-order valence-corrected chi connectivity index (χ3v) is 4.69. The van der Waals surface area contributed by atoms with E-state index in [2.05, 4.69) is 39.6 Å². The Bertz CT molecular complexity index is 932. The quantitative estimate of drug-likeness (QED) is 0.476. The molecule has 0 unspecified atom stereocenters. The summed E-state index contributed by atoms with van der Waals surface area (Å²) >= 11 is 0. The van der Waals surface area contributed by atoms with Crippen molar-refractivity contribution < 1.29 is 4.39 Å². The van der Waals surface area contributed by atoms with E-state index >= 15 is 0 Å². The second-order valence-corrected chi connectivity index (χ2v) is 7.45. The highest BCUT2D eigenvalue weighted by Crippen LogP contribution is 2.22. The zero-order valence-electron chi connectivity index (χ0n) is 17.1. The number of hydrogen-bond acceptors (Lipinski definition) is 3. The molecule has 0 amide bonds. The van der Waals surface area contributed by atoms with Crippen molar-refractivity contribution >= 4 is 5.96 Å². The summed E-state index contributed by atoms with van der Waals surface area (Å²) in [6.45, 7) is 8.14. The first-order valence-electron chi connectivity index (χ1n) is 9.70. The third kappa shape index (κ3) is 5.63. The number of benzene rings is 2. The molecule has 0 fully saturated rings. The molecule has 0 saturated heterocycles. The van der Waals surface area contributed by atoms with E-state index in [0.29, 0.717) is 13.1 Å². The van der Waals surface area contributed by atoms with Gasteiger partial charge >= 0.3 is 0 Å². The van der Waals surface area contributed by atoms with Crippen LogP contribution in [0.1, 0.15) is 31.9 Å². The molecule has 0 radical (unpaired) electrons. The molecule has 2 aromatic carbocycles. The minimum Gasteiger partial charge on any atom is -0.357 e. The molecule has 0 spiro atoms. The van der Waals surface area contributed by atoms with E-state index in [1.165, 1.54) is 12.4 Å². The van der Waals surface area contributed by atoms with Crippen molar-refractivity contribution in [2.75, 3.05) is 13.1 Å². The lowest BCUT2D eigenvalue weighted by atomic mass is 9.84. The first-order chi connectivity index (χ1) is 14.0. The maximum Gasteiger partial charge on any atom is 0.191 e. The maximum atomic E-state index is 13.6. The number of aromatic nitrogens is 3. The van der Waals surface area contributed by atoms with Crippen molar-refractivity contribution in [3.63, 3.8) is 0 Å². The molecule has 29 heavy (non-hydrogen) atoms. The topological polar surface area (TPSA) is 67.1 Å². The van der Waals surface area contributed by atoms with E-state index in [0.717, 1.165) is 29.3 Å². The Kier molecular flexibility index (Phi) is 6.59. The SMILES string of the molecule is CCNC(=NCc1ccc(-n2cncn2)cc1)NCC(C)(C)c1cccc(F)c1. The third-order valence-electron chi connectivity index (χ3n) is 4.69. The number of aliphatic imine (C=N–C) groups is 1. The summed E-state index contributed by atoms with van der Waals surface area (Å²) in [5.74, 6) is 0.516. The van der Waals surface area contributed by atoms with Gasteiger partial charge in [-0.3, -0.25) is 0 Å². The minimum absolute atomic E-state index is 0.217. The highest BCUT2D eigenvalue weighted by atomic mass is 19.1. The fourth-order valence-corrected chi connectivity index (χ4v) is 2.92. The Morgan fingerprint density at radius 2 is 1.93 bits per heavy atom. The molecule has 6 nitrogen and oxygen atoms in total. The largest absolute Gasteiger partial charge is 0.357 e. The monoisotopic (exact) mass is 394 g/mol. The second kappa shape index (κ2) is 9.32. The molecular formula is C22H27FN6. The zero-order valence-corrected chi connectivity index (χ0v) is 17.1. The summed E-state index contributed by atoms with van der Waals surface area (Å²) in [4.78, 5) is 8.64. The summed E-state index contributed by atoms with van der Waals surface area (Å²) in [6.07, 6.45) is 3.18. The van der Waals surface area contributed by atoms with Crippen LogP contribution < -0.4 is 10.6 Å². The van der Waals surface area contributed by atoms with Gasteiger partial charge in [-0.1, -0.05) is 38.1 Å². The van der Waals surface area contributed by atoms with Crippen LogP contribution in [0.5, 0.6) is 0 Å². The molecule has 152 valence electrons. The van der Waals surface area contributed by atoms with Crippen LogP contribution >= 0.6 is 0 Å². The van der Waals surface area contributed by atoms with Gasteiger partial charge in [-0.05, 0) is 42.3 Å². The summed E-state index contributed by atoms with van der Waals surface area (Å²) in [7, 11) is 0. The van der Waals surface area contributed by atoms with Gasteiger partial charge in [-0.15, -0.1) is 0 Å². The first-order valence-corrected chi connectivity index (χ1v) is 9.70. The van der Waals surface area contributed by atoms with Crippen molar-refractivity contribution in [1.82, 2.24) is 25.4 Å². The molecule has 7 heteroatoms. The lowest BCUT2D eigenvalue weighted by molar-refractivity contribution is 0.503. The molecule has 1 aromatic heterocycles. The van der Waals surface area contributed by atoms with E-state index in [1.807, 2.05) is 37.3 Å². The minimum atomic E-state index is -0.238. The summed E-state index contributed by atoms with van der Waals surface area (Å²) < 4.78 is 15.3. The van der Waals surface area contributed by atoms with Crippen molar-refractivity contribution in [3.05, 3.63) is 78.1 Å². The van der Waals surface area contributed by atoms with Gasteiger partial charge in [0.2, 0.25) is 0 Å². The van der Waals surface area contributed by atoms with E-state index in [4.69, 9.17) is 0 Å². The Morgan fingerprint density at radius 1 is 1.14 bits per heavy atom. The van der Waals surface area contributed by atoms with Gasteiger partial charge in [0, 0.05) is 18.5 Å². The lowest BCUT2D eigenvalue weighted by Gasteiger charge is -2.27. The average molecular weight is 394 g/mol. The fourth-order valence-electron chi connectivity index (χ4n) is 2.92. The first kappa shape index (κ1) is 20.5. The number of nitrogens with one attached hydrogen (secondary N) is 2. The van der Waals surface area contributed by atoms with Gasteiger partial charge in [0.1, 0.15) is 18.5 Å². The normalized spacial score (nSPS) is 12.1. The zero-order chi connectivity index (χ0) is 20.7. The van der Waals surface area contributed by atoms with Crippen LogP contribution in [0.2, 0.25) is 0 Å². The number of guanidine groups is 1. The fraction of sp³-hybridized carbons (Fsp3) is 0.318. The number of nitrogens with zero attached hydrogens (tertiary/aromatic N) is 4. The predicted molar refractivity (Wildman–Crippen MR) is 114 cm³/mol. The van der Waals surface area contributed by atoms with Gasteiger partial charge in [0.15, 0.2) is 5.96 Å². The number of rotatable bonds is 7. The van der Waals surface area contributed by atoms with Crippen LogP contribution in [-0.2, 0) is 12.0 Å². The smallest absolute Gasteiger partial charge is 0.191 e. The van der Waals surface area contributed by atoms with Crippen molar-refractivity contribution in [1.29, 1.82) is 0 Å². The highest BCUT2D eigenvalue weighted by molar-refractivity contribution is 5.79. The van der Waals surface area contributed by atoms with Gasteiger partial charge in [0.25, 0.3) is 0 Å². The standard InChI is InChI=1S/C22H27FN6/c1-4-25-21(27-14-22(2,3)18-6-5-7-19(23)12-18)26-13-17-8-10-20(11-9-17)29-16-24-15-28-29/h5-12,15-16H,4,13-14H2,1-3H3,(H2,25,26,27). The summed E-state index contributed by atoms with van der Waals surface area (Å²) in [5, 5.41) is 10.8. The Morgan fingerprint density at radius 3 is 2.59 bits per heavy atom. The van der Waals surface area contributed by atoms with Crippen molar-refractivity contribution in [2.24, 2.45) is 4.99 Å². The Labute approximate surface area is 170 Å². The molecule has 0 aliphatic heterocycles. The van der Waals surface area contributed by atoms with E-state index < -0.39 is 0 Å². The van der Waals surface area contributed by atoms with E-state index in [9.17, 15) is 4.39 Å². The van der Waals surface area contributed by atoms with Crippen LogP contribution in [0.15, 0.2) is 66.2 Å². The Balaban J connectivity index is 1.63. The lowest BCUT2D eigenvalue weighted by Crippen LogP contribution is -2.43. The molecule has 0 atom stereocenters. The molecule has 0 aliphatic rings. The molecular weight excluding hydrogens is 367 g/mol. The molecule has 1 heterocycles. The van der Waals surface area contributed by atoms with Crippen LogP contribution in [-0.4, -0.2) is 33.8 Å². The highest BCUT2D eigenvalue weighted by Gasteiger charge is 2.21. The maximum absolute atomic E-state index is 13.6. The molecule has 2 N–H and O–H groups in total. The molecule has 3 rings (SSSR count). The predicted octanol–water partition coefficient (Wildman–Crippen LogP) is 3.44. The average Bonchev–Trinajstić information content (AvgIpc) is 3.25. The number of hydrogen-bond donors (Lipinski definition) is 2. The van der Waals surface area contributed by atoms with E-state index in [-0.39, 0.29) is 11.2 Å². The summed E-state index contributed by atoms with van der Waals surface area (Å²) in [5.41, 5.74) is 2.76. The van der Waals surface area contributed by atoms with Crippen molar-refractivity contribution in [3.8, 4) is 5.69 Å². The molecule has 0 aliphatic carbocycles. The van der Waals surface area contributed by atoms with Crippen LogP contribution in [0, 0.1) is 5.82 Å².